The second-order valence-corrected chi connectivity index (χ2v) is 15.0. The van der Waals surface area contributed by atoms with Gasteiger partial charge in [0.05, 0.1) is 40.4 Å². The number of Topliss-reactive ketones (excluding diaryl/α,β-unsaturated/α-hetero) is 2. The van der Waals surface area contributed by atoms with Gasteiger partial charge in [-0.25, -0.2) is 0 Å². The number of phenols is 2. The minimum absolute atomic E-state index is 0.00933. The molecule has 12 nitrogen and oxygen atoms in total. The highest BCUT2D eigenvalue weighted by Gasteiger charge is 2.19. The summed E-state index contributed by atoms with van der Waals surface area (Å²) in [7, 11) is 0. The number of carbonyl (C=O) groups is 2. The minimum atomic E-state index is -0.824. The highest BCUT2D eigenvalue weighted by Crippen LogP contribution is 2.35. The molecule has 2 atom stereocenters. The average molecular weight is 856 g/mol. The first-order valence-electron chi connectivity index (χ1n) is 20.8. The summed E-state index contributed by atoms with van der Waals surface area (Å²) < 4.78 is 11.9. The topological polar surface area (TPSA) is 210 Å². The Morgan fingerprint density at radius 2 is 1.08 bits per heavy atom. The highest BCUT2D eigenvalue weighted by molar-refractivity contribution is 5.98. The molecular weight excluding hydrogens is 807 g/mol. The summed E-state index contributed by atoms with van der Waals surface area (Å²) in [5, 5.41) is 53.7. The molecule has 0 radical (unpaired) electrons. The fraction of sp³-hybridized carbons (Fsp3) is 0.231. The Kier molecular flexibility index (Phi) is 16.8. The van der Waals surface area contributed by atoms with Gasteiger partial charge in [0.1, 0.15) is 42.3 Å². The van der Waals surface area contributed by atoms with E-state index in [1.165, 1.54) is 13.8 Å². The van der Waals surface area contributed by atoms with E-state index in [4.69, 9.17) is 25.5 Å². The lowest BCUT2D eigenvalue weighted by atomic mass is 9.97. The minimum Gasteiger partial charge on any atom is -0.507 e. The Morgan fingerprint density at radius 1 is 0.641 bits per heavy atom. The van der Waals surface area contributed by atoms with E-state index in [1.807, 2.05) is 68.4 Å². The van der Waals surface area contributed by atoms with Gasteiger partial charge in [-0.1, -0.05) is 105 Å². The van der Waals surface area contributed by atoms with Crippen LogP contribution in [0.3, 0.4) is 0 Å². The van der Waals surface area contributed by atoms with Crippen molar-refractivity contribution in [2.45, 2.75) is 78.7 Å². The van der Waals surface area contributed by atoms with Crippen LogP contribution in [0.25, 0.3) is 10.4 Å². The Morgan fingerprint density at radius 3 is 1.50 bits per heavy atom. The summed E-state index contributed by atoms with van der Waals surface area (Å²) in [6.07, 6.45) is 1.99. The predicted molar refractivity (Wildman–Crippen MR) is 243 cm³/mol. The van der Waals surface area contributed by atoms with Crippen LogP contribution in [0, 0.1) is 22.7 Å². The summed E-state index contributed by atoms with van der Waals surface area (Å²) in [5.41, 5.74) is 16.6. The Balaban J connectivity index is 0.000000241. The number of nitriles is 2. The first kappa shape index (κ1) is 47.2. The number of aliphatic hydroxyl groups excluding tert-OH is 1. The number of ketones is 2. The van der Waals surface area contributed by atoms with Crippen LogP contribution in [-0.4, -0.2) is 26.9 Å². The lowest BCUT2D eigenvalue weighted by Gasteiger charge is -2.16. The second-order valence-electron chi connectivity index (χ2n) is 15.0. The van der Waals surface area contributed by atoms with E-state index in [9.17, 15) is 24.9 Å². The summed E-state index contributed by atoms with van der Waals surface area (Å²) in [6.45, 7) is 7.40. The molecule has 6 aromatic carbocycles. The molecule has 12 heteroatoms. The lowest BCUT2D eigenvalue weighted by Crippen LogP contribution is -2.03. The third-order valence-corrected chi connectivity index (χ3v) is 10.4. The van der Waals surface area contributed by atoms with E-state index in [0.717, 1.165) is 35.1 Å². The molecule has 0 amide bonds. The molecule has 64 heavy (non-hydrogen) atoms. The quantitative estimate of drug-likeness (QED) is 0.0344. The van der Waals surface area contributed by atoms with Crippen molar-refractivity contribution in [2.24, 2.45) is 5.11 Å². The molecule has 0 aliphatic rings. The van der Waals surface area contributed by atoms with E-state index in [1.54, 1.807) is 66.7 Å². The van der Waals surface area contributed by atoms with Gasteiger partial charge in [0.15, 0.2) is 11.6 Å². The van der Waals surface area contributed by atoms with Crippen molar-refractivity contribution in [1.29, 1.82) is 10.5 Å². The number of azide groups is 1. The fourth-order valence-corrected chi connectivity index (χ4v) is 7.10. The number of aliphatic hydroxyl groups is 1. The average Bonchev–Trinajstić information content (AvgIpc) is 3.31. The zero-order valence-electron chi connectivity index (χ0n) is 36.2. The standard InChI is InChI=1S/C26H24N4O3.C26H25NO4/c1-3-5-23-24(13-12-22(17(2)31)26(23)32)33-16-18-8-10-20(11-9-18)25(29-30-28)21-7-4-6-19(14-21)15-27;1-3-5-23-24(13-12-22(17(2)28)26(23)30)31-16-18-8-10-20(11-9-18)25(29)21-7-4-6-19(14-21)15-27/h4,6-14,25,32H,3,5,16H2,1-2H3;4,6-14,25,29-30H,3,5,16H2,1-2H3. The van der Waals surface area contributed by atoms with Crippen molar-refractivity contribution in [1.82, 2.24) is 0 Å². The number of phenolic OH excluding ortho intramolecular Hbond substituents is 2. The maximum Gasteiger partial charge on any atom is 0.163 e. The molecule has 0 fully saturated rings. The van der Waals surface area contributed by atoms with E-state index in [-0.39, 0.29) is 36.3 Å². The molecule has 6 aromatic rings. The molecule has 0 heterocycles. The van der Waals surface area contributed by atoms with E-state index >= 15 is 0 Å². The Hall–Kier alpha value is -7.89. The molecule has 0 aliphatic heterocycles. The van der Waals surface area contributed by atoms with Crippen LogP contribution >= 0.6 is 0 Å². The first-order valence-corrected chi connectivity index (χ1v) is 20.8. The highest BCUT2D eigenvalue weighted by atomic mass is 16.5. The SMILES string of the molecule is CCCc1c(OCc2ccc(C(N=[N+]=[N-])c3cccc(C#N)c3)cc2)ccc(C(C)=O)c1O.CCCc1c(OCc2ccc(C(O)c3cccc(C#N)c3)cc2)ccc(C(C)=O)c1O. The molecular formula is C52H49N5O7. The molecule has 0 bridgehead atoms. The number of benzene rings is 6. The Bertz CT molecular complexity index is 2730. The monoisotopic (exact) mass is 855 g/mol. The van der Waals surface area contributed by atoms with Crippen LogP contribution in [0.4, 0.5) is 0 Å². The van der Waals surface area contributed by atoms with Crippen molar-refractivity contribution in [3.63, 3.8) is 0 Å². The smallest absolute Gasteiger partial charge is 0.163 e. The van der Waals surface area contributed by atoms with Crippen LogP contribution in [-0.2, 0) is 26.1 Å². The van der Waals surface area contributed by atoms with Gasteiger partial charge >= 0.3 is 0 Å². The number of carbonyl (C=O) groups excluding carboxylic acids is 2. The molecule has 3 N–H and O–H groups in total. The third-order valence-electron chi connectivity index (χ3n) is 10.4. The lowest BCUT2D eigenvalue weighted by molar-refractivity contribution is 0.100. The zero-order valence-corrected chi connectivity index (χ0v) is 36.2. The molecule has 0 aromatic heterocycles. The third kappa shape index (κ3) is 11.9. The number of nitrogens with zero attached hydrogens (tertiary/aromatic N) is 5. The summed E-state index contributed by atoms with van der Waals surface area (Å²) in [6, 6.07) is 39.0. The molecule has 0 saturated heterocycles. The first-order chi connectivity index (χ1) is 30.9. The summed E-state index contributed by atoms with van der Waals surface area (Å²) in [5.74, 6) is 0.696. The second kappa shape index (κ2) is 22.8. The van der Waals surface area contributed by atoms with Gasteiger partial charge in [-0.05, 0) is 114 Å². The van der Waals surface area contributed by atoms with Crippen molar-refractivity contribution < 1.29 is 34.4 Å². The van der Waals surface area contributed by atoms with Crippen molar-refractivity contribution >= 4 is 11.6 Å². The molecule has 0 spiro atoms. The van der Waals surface area contributed by atoms with Gasteiger partial charge in [0.2, 0.25) is 0 Å². The molecule has 0 aliphatic carbocycles. The molecule has 324 valence electrons. The molecule has 0 saturated carbocycles. The van der Waals surface area contributed by atoms with Gasteiger partial charge < -0.3 is 24.8 Å². The van der Waals surface area contributed by atoms with Crippen LogP contribution in [0.1, 0.15) is 129 Å². The van der Waals surface area contributed by atoms with Crippen molar-refractivity contribution in [2.75, 3.05) is 0 Å². The summed E-state index contributed by atoms with van der Waals surface area (Å²) in [4.78, 5) is 26.4. The van der Waals surface area contributed by atoms with Gasteiger partial charge in [-0.15, -0.1) is 0 Å². The normalized spacial score (nSPS) is 11.4. The largest absolute Gasteiger partial charge is 0.507 e. The van der Waals surface area contributed by atoms with E-state index in [2.05, 4.69) is 22.2 Å². The number of rotatable bonds is 17. The summed E-state index contributed by atoms with van der Waals surface area (Å²) >= 11 is 0. The Labute approximate surface area is 372 Å². The fourth-order valence-electron chi connectivity index (χ4n) is 7.10. The van der Waals surface area contributed by atoms with E-state index in [0.29, 0.717) is 68.8 Å². The van der Waals surface area contributed by atoms with Crippen LogP contribution in [0.15, 0.2) is 126 Å². The number of aromatic hydroxyl groups is 2. The number of hydrogen-bond donors (Lipinski definition) is 3. The molecule has 6 rings (SSSR count). The maximum atomic E-state index is 11.7. The van der Waals surface area contributed by atoms with Gasteiger partial charge in [-0.3, -0.25) is 9.59 Å². The predicted octanol–water partition coefficient (Wildman–Crippen LogP) is 11.5. The number of hydrogen-bond acceptors (Lipinski definition) is 10. The molecule has 2 unspecified atom stereocenters. The van der Waals surface area contributed by atoms with Gasteiger partial charge in [0, 0.05) is 16.0 Å². The van der Waals surface area contributed by atoms with Crippen LogP contribution in [0.2, 0.25) is 0 Å². The zero-order chi connectivity index (χ0) is 46.2. The van der Waals surface area contributed by atoms with Gasteiger partial charge in [-0.2, -0.15) is 10.5 Å². The maximum absolute atomic E-state index is 11.7. The number of ether oxygens (including phenoxy) is 2. The van der Waals surface area contributed by atoms with Crippen molar-refractivity contribution in [3.8, 4) is 35.1 Å². The van der Waals surface area contributed by atoms with Crippen LogP contribution < -0.4 is 9.47 Å². The van der Waals surface area contributed by atoms with E-state index < -0.39 is 12.1 Å². The van der Waals surface area contributed by atoms with Gasteiger partial charge in [0.25, 0.3) is 0 Å². The van der Waals surface area contributed by atoms with Crippen molar-refractivity contribution in [3.05, 3.63) is 199 Å². The van der Waals surface area contributed by atoms with Crippen LogP contribution in [0.5, 0.6) is 23.0 Å².